The van der Waals surface area contributed by atoms with Gasteiger partial charge in [-0.05, 0) is 19.8 Å². The number of carbonyl (C=O) groups is 1. The summed E-state index contributed by atoms with van der Waals surface area (Å²) in [7, 11) is 0. The first kappa shape index (κ1) is 10.1. The summed E-state index contributed by atoms with van der Waals surface area (Å²) < 4.78 is 5.41. The van der Waals surface area contributed by atoms with Crippen molar-refractivity contribution in [3.63, 3.8) is 0 Å². The van der Waals surface area contributed by atoms with Crippen molar-refractivity contribution in [1.82, 2.24) is 5.32 Å². The Bertz CT molecular complexity index is 197. The minimum Gasteiger partial charge on any atom is -0.465 e. The molecule has 1 rings (SSSR count). The predicted octanol–water partition coefficient (Wildman–Crippen LogP) is 1.38. The van der Waals surface area contributed by atoms with Crippen LogP contribution in [0.25, 0.3) is 0 Å². The molecule has 4 heteroatoms. The van der Waals surface area contributed by atoms with Crippen molar-refractivity contribution in [3.05, 3.63) is 12.2 Å². The molecule has 1 amide bonds. The lowest BCUT2D eigenvalue weighted by Gasteiger charge is -2.34. The zero-order chi connectivity index (χ0) is 9.68. The smallest absolute Gasteiger partial charge is 0.404 e. The average Bonchev–Trinajstić information content (AvgIpc) is 1.99. The van der Waals surface area contributed by atoms with Crippen LogP contribution in [0.5, 0.6) is 0 Å². The van der Waals surface area contributed by atoms with Gasteiger partial charge in [-0.25, -0.2) is 4.79 Å². The Morgan fingerprint density at radius 2 is 2.38 bits per heavy atom. The van der Waals surface area contributed by atoms with Gasteiger partial charge in [-0.1, -0.05) is 12.2 Å². The molecule has 0 saturated heterocycles. The van der Waals surface area contributed by atoms with Crippen LogP contribution in [-0.2, 0) is 4.74 Å². The third kappa shape index (κ3) is 3.46. The molecule has 1 aliphatic carbocycles. The maximum atomic E-state index is 10.2. The van der Waals surface area contributed by atoms with E-state index in [2.05, 4.69) is 5.32 Å². The van der Waals surface area contributed by atoms with Gasteiger partial charge in [-0.2, -0.15) is 0 Å². The van der Waals surface area contributed by atoms with Crippen molar-refractivity contribution in [2.24, 2.45) is 0 Å². The molecule has 1 fully saturated rings. The van der Waals surface area contributed by atoms with Gasteiger partial charge < -0.3 is 15.2 Å². The second-order valence-electron chi connectivity index (χ2n) is 3.14. The average molecular weight is 185 g/mol. The van der Waals surface area contributed by atoms with Crippen molar-refractivity contribution >= 4 is 6.09 Å². The number of rotatable bonds is 4. The summed E-state index contributed by atoms with van der Waals surface area (Å²) in [5.74, 6) is 0. The third-order valence-electron chi connectivity index (χ3n) is 2.09. The summed E-state index contributed by atoms with van der Waals surface area (Å²) in [4.78, 5) is 10.2. The van der Waals surface area contributed by atoms with Crippen LogP contribution in [0.3, 0.4) is 0 Å². The van der Waals surface area contributed by atoms with Gasteiger partial charge in [0.15, 0.2) is 0 Å². The fraction of sp³-hybridized carbons (Fsp3) is 0.667. The number of allylic oxidation sites excluding steroid dienone is 1. The first-order chi connectivity index (χ1) is 6.22. The van der Waals surface area contributed by atoms with Crippen LogP contribution < -0.4 is 5.32 Å². The second-order valence-corrected chi connectivity index (χ2v) is 3.14. The summed E-state index contributed by atoms with van der Waals surface area (Å²) >= 11 is 0. The molecule has 0 aromatic rings. The normalized spacial score (nSPS) is 27.2. The lowest BCUT2D eigenvalue weighted by Crippen LogP contribution is -2.47. The molecule has 0 heterocycles. The number of hydrogen-bond acceptors (Lipinski definition) is 2. The van der Waals surface area contributed by atoms with E-state index in [4.69, 9.17) is 9.84 Å². The molecule has 0 bridgehead atoms. The Hall–Kier alpha value is -1.03. The number of hydrogen-bond donors (Lipinski definition) is 2. The van der Waals surface area contributed by atoms with Gasteiger partial charge in [0.25, 0.3) is 0 Å². The van der Waals surface area contributed by atoms with Gasteiger partial charge >= 0.3 is 6.09 Å². The number of amides is 1. The molecule has 1 aliphatic rings. The van der Waals surface area contributed by atoms with Crippen molar-refractivity contribution in [1.29, 1.82) is 0 Å². The van der Waals surface area contributed by atoms with Crippen LogP contribution in [0.4, 0.5) is 4.79 Å². The van der Waals surface area contributed by atoms with Crippen molar-refractivity contribution < 1.29 is 14.6 Å². The van der Waals surface area contributed by atoms with E-state index in [-0.39, 0.29) is 12.1 Å². The van der Waals surface area contributed by atoms with E-state index in [0.29, 0.717) is 6.61 Å². The fourth-order valence-corrected chi connectivity index (χ4v) is 1.28. The second kappa shape index (κ2) is 4.87. The molecule has 74 valence electrons. The van der Waals surface area contributed by atoms with E-state index in [0.717, 1.165) is 12.8 Å². The van der Waals surface area contributed by atoms with E-state index >= 15 is 0 Å². The SMILES string of the molecule is C/C=C/CO[C@H]1C[C@H](NC(=O)O)C1. The Morgan fingerprint density at radius 1 is 1.69 bits per heavy atom. The number of ether oxygens (including phenoxy) is 1. The minimum atomic E-state index is -0.947. The summed E-state index contributed by atoms with van der Waals surface area (Å²) in [6.07, 6.45) is 4.75. The Kier molecular flexibility index (Phi) is 3.76. The van der Waals surface area contributed by atoms with Crippen LogP contribution in [0.1, 0.15) is 19.8 Å². The molecule has 0 aromatic heterocycles. The van der Waals surface area contributed by atoms with Gasteiger partial charge in [0.2, 0.25) is 0 Å². The highest BCUT2D eigenvalue weighted by molar-refractivity contribution is 5.65. The molecule has 0 aromatic carbocycles. The molecule has 13 heavy (non-hydrogen) atoms. The van der Waals surface area contributed by atoms with Crippen LogP contribution in [0.15, 0.2) is 12.2 Å². The van der Waals surface area contributed by atoms with Crippen LogP contribution >= 0.6 is 0 Å². The van der Waals surface area contributed by atoms with Gasteiger partial charge in [-0.15, -0.1) is 0 Å². The highest BCUT2D eigenvalue weighted by Crippen LogP contribution is 2.22. The molecule has 0 unspecified atom stereocenters. The van der Waals surface area contributed by atoms with E-state index in [9.17, 15) is 4.79 Å². The summed E-state index contributed by atoms with van der Waals surface area (Å²) in [6.45, 7) is 2.57. The van der Waals surface area contributed by atoms with E-state index in [1.54, 1.807) is 0 Å². The first-order valence-corrected chi connectivity index (χ1v) is 4.44. The lowest BCUT2D eigenvalue weighted by atomic mass is 9.89. The maximum Gasteiger partial charge on any atom is 0.404 e. The zero-order valence-corrected chi connectivity index (χ0v) is 7.69. The summed E-state index contributed by atoms with van der Waals surface area (Å²) in [5.41, 5.74) is 0. The van der Waals surface area contributed by atoms with Crippen molar-refractivity contribution in [2.75, 3.05) is 6.61 Å². The van der Waals surface area contributed by atoms with Crippen LogP contribution in [-0.4, -0.2) is 30.0 Å². The van der Waals surface area contributed by atoms with Crippen molar-refractivity contribution in [3.8, 4) is 0 Å². The van der Waals surface area contributed by atoms with Crippen LogP contribution in [0.2, 0.25) is 0 Å². The fourth-order valence-electron chi connectivity index (χ4n) is 1.28. The molecule has 0 radical (unpaired) electrons. The van der Waals surface area contributed by atoms with Gasteiger partial charge in [0.1, 0.15) is 0 Å². The molecular formula is C9H15NO3. The Morgan fingerprint density at radius 3 is 2.92 bits per heavy atom. The Balaban J connectivity index is 2.01. The third-order valence-corrected chi connectivity index (χ3v) is 2.09. The minimum absolute atomic E-state index is 0.0908. The van der Waals surface area contributed by atoms with Gasteiger partial charge in [0.05, 0.1) is 12.7 Å². The maximum absolute atomic E-state index is 10.2. The highest BCUT2D eigenvalue weighted by Gasteiger charge is 2.30. The molecule has 0 aliphatic heterocycles. The quantitative estimate of drug-likeness (QED) is 0.650. The van der Waals surface area contributed by atoms with Gasteiger partial charge in [-0.3, -0.25) is 0 Å². The molecule has 4 nitrogen and oxygen atoms in total. The number of nitrogens with one attached hydrogen (secondary N) is 1. The first-order valence-electron chi connectivity index (χ1n) is 4.44. The molecule has 1 saturated carbocycles. The highest BCUT2D eigenvalue weighted by atomic mass is 16.5. The van der Waals surface area contributed by atoms with Crippen LogP contribution in [0, 0.1) is 0 Å². The van der Waals surface area contributed by atoms with E-state index in [1.807, 2.05) is 19.1 Å². The Labute approximate surface area is 77.6 Å². The van der Waals surface area contributed by atoms with Crippen molar-refractivity contribution in [2.45, 2.75) is 31.9 Å². The molecular weight excluding hydrogens is 170 g/mol. The standard InChI is InChI=1S/C9H15NO3/c1-2-3-4-13-8-5-7(6-8)10-9(11)12/h2-3,7-8,10H,4-6H2,1H3,(H,11,12)/b3-2+/t7-,8-. The number of carboxylic acid groups (broad SMARTS) is 1. The van der Waals surface area contributed by atoms with Gasteiger partial charge in [0, 0.05) is 6.04 Å². The summed E-state index contributed by atoms with van der Waals surface area (Å²) in [6, 6.07) is 0.0908. The summed E-state index contributed by atoms with van der Waals surface area (Å²) in [5, 5.41) is 10.8. The monoisotopic (exact) mass is 185 g/mol. The lowest BCUT2D eigenvalue weighted by molar-refractivity contribution is -0.000838. The molecule has 0 atom stereocenters. The molecule has 2 N–H and O–H groups in total. The largest absolute Gasteiger partial charge is 0.465 e. The topological polar surface area (TPSA) is 58.6 Å². The van der Waals surface area contributed by atoms with E-state index < -0.39 is 6.09 Å². The van der Waals surface area contributed by atoms with E-state index in [1.165, 1.54) is 0 Å². The predicted molar refractivity (Wildman–Crippen MR) is 48.7 cm³/mol. The molecule has 0 spiro atoms. The zero-order valence-electron chi connectivity index (χ0n) is 7.69.